The van der Waals surface area contributed by atoms with Crippen molar-refractivity contribution in [1.82, 2.24) is 5.32 Å². The zero-order valence-corrected chi connectivity index (χ0v) is 16.7. The van der Waals surface area contributed by atoms with Gasteiger partial charge in [0.25, 0.3) is 0 Å². The van der Waals surface area contributed by atoms with Crippen LogP contribution in [-0.2, 0) is 32.7 Å². The Labute approximate surface area is 170 Å². The number of ether oxygens (including phenoxy) is 2. The van der Waals surface area contributed by atoms with Gasteiger partial charge in [0.2, 0.25) is 5.91 Å². The summed E-state index contributed by atoms with van der Waals surface area (Å²) in [5.74, 6) is -2.36. The third-order valence-corrected chi connectivity index (χ3v) is 4.81. The standard InChI is InChI=1S/C14H26NO14P/c1-6(18)15-10-12(21)11(20)8(3-17)28-14(10)29-9(13(22)23)5-27-30(24,25)26-4-7(19)2-16/h7-12,14,16-17,19-21H,2-5H2,1H3,(H,15,18)(H,22,23)(H,24,25)/t7?,8-,9?,10-,11-,12-,14-/m1/s1. The number of nitrogens with one attached hydrogen (secondary N) is 1. The smallest absolute Gasteiger partial charge is 0.472 e. The second-order valence-corrected chi connectivity index (χ2v) is 7.75. The highest BCUT2D eigenvalue weighted by Gasteiger charge is 2.47. The Hall–Kier alpha value is -1.23. The second-order valence-electron chi connectivity index (χ2n) is 6.29. The van der Waals surface area contributed by atoms with Crippen LogP contribution >= 0.6 is 7.82 Å². The molecule has 0 aromatic carbocycles. The zero-order chi connectivity index (χ0) is 23.1. The zero-order valence-electron chi connectivity index (χ0n) is 15.8. The predicted molar refractivity (Wildman–Crippen MR) is 92.7 cm³/mol. The van der Waals surface area contributed by atoms with Gasteiger partial charge in [-0.15, -0.1) is 0 Å². The van der Waals surface area contributed by atoms with Gasteiger partial charge >= 0.3 is 13.8 Å². The maximum atomic E-state index is 11.7. The molecule has 8 N–H and O–H groups in total. The summed E-state index contributed by atoms with van der Waals surface area (Å²) in [4.78, 5) is 32.3. The van der Waals surface area contributed by atoms with Crippen LogP contribution in [0.25, 0.3) is 0 Å². The van der Waals surface area contributed by atoms with E-state index in [4.69, 9.17) is 19.7 Å². The molecular formula is C14H26NO14P. The van der Waals surface area contributed by atoms with Gasteiger partial charge in [0.1, 0.15) is 30.5 Å². The number of aliphatic carboxylic acids is 1. The van der Waals surface area contributed by atoms with E-state index in [2.05, 4.69) is 14.4 Å². The van der Waals surface area contributed by atoms with Crippen molar-refractivity contribution in [2.75, 3.05) is 26.4 Å². The predicted octanol–water partition coefficient (Wildman–Crippen LogP) is -4.11. The van der Waals surface area contributed by atoms with Crippen LogP contribution in [0, 0.1) is 0 Å². The largest absolute Gasteiger partial charge is 0.479 e. The van der Waals surface area contributed by atoms with Gasteiger partial charge in [-0.25, -0.2) is 9.36 Å². The van der Waals surface area contributed by atoms with E-state index in [-0.39, 0.29) is 0 Å². The number of hydrogen-bond donors (Lipinski definition) is 8. The first-order chi connectivity index (χ1) is 13.9. The highest BCUT2D eigenvalue weighted by Crippen LogP contribution is 2.43. The molecule has 1 saturated heterocycles. The maximum absolute atomic E-state index is 11.7. The number of carboxylic acid groups (broad SMARTS) is 1. The van der Waals surface area contributed by atoms with Gasteiger partial charge < -0.3 is 50.3 Å². The summed E-state index contributed by atoms with van der Waals surface area (Å²) in [6.07, 6.45) is -9.84. The number of aliphatic hydroxyl groups excluding tert-OH is 5. The van der Waals surface area contributed by atoms with Crippen molar-refractivity contribution in [2.24, 2.45) is 0 Å². The fourth-order valence-electron chi connectivity index (χ4n) is 2.35. The molecule has 0 spiro atoms. The van der Waals surface area contributed by atoms with Crippen molar-refractivity contribution < 1.29 is 68.2 Å². The average molecular weight is 463 g/mol. The first-order valence-corrected chi connectivity index (χ1v) is 10.1. The SMILES string of the molecule is CC(=O)N[C@H]1[C@@H](OC(COP(=O)(O)OCC(O)CO)C(=O)O)O[C@H](CO)[C@@H](O)[C@@H]1O. The summed E-state index contributed by atoms with van der Waals surface area (Å²) < 4.78 is 30.9. The van der Waals surface area contributed by atoms with E-state index < -0.39 is 89.0 Å². The van der Waals surface area contributed by atoms with E-state index in [1.54, 1.807) is 0 Å². The summed E-state index contributed by atoms with van der Waals surface area (Å²) in [5, 5.41) is 58.5. The number of carboxylic acids is 1. The molecule has 30 heavy (non-hydrogen) atoms. The number of phosphoric acid groups is 1. The van der Waals surface area contributed by atoms with E-state index in [1.807, 2.05) is 0 Å². The minimum atomic E-state index is -4.84. The number of rotatable bonds is 12. The molecule has 16 heteroatoms. The van der Waals surface area contributed by atoms with Crippen molar-refractivity contribution in [1.29, 1.82) is 0 Å². The van der Waals surface area contributed by atoms with Crippen LogP contribution in [0.5, 0.6) is 0 Å². The Morgan fingerprint density at radius 2 is 1.77 bits per heavy atom. The molecule has 1 rings (SSSR count). The number of aliphatic hydroxyl groups is 5. The summed E-state index contributed by atoms with van der Waals surface area (Å²) in [5.41, 5.74) is 0. The fourth-order valence-corrected chi connectivity index (χ4v) is 3.11. The van der Waals surface area contributed by atoms with Gasteiger partial charge in [0.15, 0.2) is 12.4 Å². The van der Waals surface area contributed by atoms with E-state index in [0.717, 1.165) is 6.92 Å². The Morgan fingerprint density at radius 1 is 1.17 bits per heavy atom. The van der Waals surface area contributed by atoms with E-state index >= 15 is 0 Å². The van der Waals surface area contributed by atoms with Gasteiger partial charge in [-0.2, -0.15) is 0 Å². The molecule has 0 radical (unpaired) electrons. The van der Waals surface area contributed by atoms with Crippen molar-refractivity contribution in [3.05, 3.63) is 0 Å². The Morgan fingerprint density at radius 3 is 2.27 bits per heavy atom. The Kier molecular flexibility index (Phi) is 10.7. The first kappa shape index (κ1) is 26.8. The van der Waals surface area contributed by atoms with Crippen molar-refractivity contribution in [2.45, 2.75) is 49.8 Å². The van der Waals surface area contributed by atoms with Gasteiger partial charge in [0.05, 0.1) is 26.4 Å². The number of carbonyl (C=O) groups is 2. The molecule has 1 fully saturated rings. The van der Waals surface area contributed by atoms with Crippen LogP contribution in [0.4, 0.5) is 0 Å². The lowest BCUT2D eigenvalue weighted by Gasteiger charge is -2.42. The summed E-state index contributed by atoms with van der Waals surface area (Å²) in [6.45, 7) is -2.29. The number of hydrogen-bond acceptors (Lipinski definition) is 12. The summed E-state index contributed by atoms with van der Waals surface area (Å²) in [7, 11) is -4.84. The summed E-state index contributed by atoms with van der Waals surface area (Å²) >= 11 is 0. The molecule has 176 valence electrons. The molecule has 1 heterocycles. The molecule has 0 aromatic heterocycles. The van der Waals surface area contributed by atoms with Crippen molar-refractivity contribution in [3.63, 3.8) is 0 Å². The molecule has 3 unspecified atom stereocenters. The first-order valence-electron chi connectivity index (χ1n) is 8.60. The van der Waals surface area contributed by atoms with Gasteiger partial charge in [-0.1, -0.05) is 0 Å². The van der Waals surface area contributed by atoms with Crippen molar-refractivity contribution in [3.8, 4) is 0 Å². The minimum absolute atomic E-state index is 0.676. The topological polar surface area (TPSA) is 242 Å². The molecule has 0 saturated carbocycles. The highest BCUT2D eigenvalue weighted by molar-refractivity contribution is 7.47. The molecule has 1 aliphatic heterocycles. The van der Waals surface area contributed by atoms with E-state index in [1.165, 1.54) is 0 Å². The number of phosphoric ester groups is 1. The molecule has 0 bridgehead atoms. The lowest BCUT2D eigenvalue weighted by Crippen LogP contribution is -2.65. The fraction of sp³-hybridized carbons (Fsp3) is 0.857. The van der Waals surface area contributed by atoms with E-state index in [9.17, 15) is 39.5 Å². The van der Waals surface area contributed by atoms with Gasteiger partial charge in [-0.05, 0) is 0 Å². The maximum Gasteiger partial charge on any atom is 0.472 e. The second kappa shape index (κ2) is 12.0. The lowest BCUT2D eigenvalue weighted by molar-refractivity contribution is -0.282. The monoisotopic (exact) mass is 463 g/mol. The number of carbonyl (C=O) groups excluding carboxylic acids is 1. The molecule has 1 aliphatic rings. The molecule has 15 nitrogen and oxygen atoms in total. The quantitative estimate of drug-likeness (QED) is 0.128. The van der Waals surface area contributed by atoms with Crippen LogP contribution < -0.4 is 5.32 Å². The van der Waals surface area contributed by atoms with Crippen LogP contribution in [0.3, 0.4) is 0 Å². The molecule has 8 atom stereocenters. The third kappa shape index (κ3) is 8.13. The Bertz CT molecular complexity index is 619. The van der Waals surface area contributed by atoms with Crippen molar-refractivity contribution >= 4 is 19.7 Å². The average Bonchev–Trinajstić information content (AvgIpc) is 2.67. The van der Waals surface area contributed by atoms with Crippen LogP contribution in [-0.4, -0.2) is 117 Å². The molecule has 0 aromatic rings. The third-order valence-electron chi connectivity index (χ3n) is 3.85. The molecular weight excluding hydrogens is 437 g/mol. The summed E-state index contributed by atoms with van der Waals surface area (Å²) in [6, 6.07) is -1.45. The molecule has 1 amide bonds. The van der Waals surface area contributed by atoms with Crippen LogP contribution in [0.1, 0.15) is 6.92 Å². The normalized spacial score (nSPS) is 30.8. The minimum Gasteiger partial charge on any atom is -0.479 e. The molecule has 0 aliphatic carbocycles. The van der Waals surface area contributed by atoms with Gasteiger partial charge in [-0.3, -0.25) is 13.8 Å². The van der Waals surface area contributed by atoms with Gasteiger partial charge in [0, 0.05) is 6.92 Å². The van der Waals surface area contributed by atoms with Crippen LogP contribution in [0.2, 0.25) is 0 Å². The number of amides is 1. The highest BCUT2D eigenvalue weighted by atomic mass is 31.2. The van der Waals surface area contributed by atoms with E-state index in [0.29, 0.717) is 0 Å². The Balaban J connectivity index is 2.86. The van der Waals surface area contributed by atoms with Crippen LogP contribution in [0.15, 0.2) is 0 Å². The lowest BCUT2D eigenvalue weighted by atomic mass is 9.97.